The highest BCUT2D eigenvalue weighted by Crippen LogP contribution is 2.47. The second kappa shape index (κ2) is 4.58. The molecule has 1 fully saturated rings. The van der Waals surface area contributed by atoms with Crippen molar-refractivity contribution >= 4 is 0 Å². The molecule has 20 heavy (non-hydrogen) atoms. The molecule has 1 aliphatic carbocycles. The van der Waals surface area contributed by atoms with Crippen LogP contribution in [0.2, 0.25) is 0 Å². The lowest BCUT2D eigenvalue weighted by Gasteiger charge is -2.41. The molecule has 0 unspecified atom stereocenters. The summed E-state index contributed by atoms with van der Waals surface area (Å²) in [4.78, 5) is 8.17. The zero-order chi connectivity index (χ0) is 14.2. The van der Waals surface area contributed by atoms with E-state index in [0.29, 0.717) is 5.69 Å². The van der Waals surface area contributed by atoms with E-state index >= 15 is 0 Å². The van der Waals surface area contributed by atoms with Crippen LogP contribution in [0.25, 0.3) is 0 Å². The maximum absolute atomic E-state index is 12.8. The Balaban J connectivity index is 2.07. The van der Waals surface area contributed by atoms with Gasteiger partial charge in [0.25, 0.3) is 0 Å². The molecule has 2 aromatic rings. The predicted molar refractivity (Wildman–Crippen MR) is 68.1 cm³/mol. The average molecular weight is 278 g/mol. The highest BCUT2D eigenvalue weighted by molar-refractivity contribution is 5.35. The molecule has 5 heteroatoms. The Morgan fingerprint density at radius 3 is 2.25 bits per heavy atom. The summed E-state index contributed by atoms with van der Waals surface area (Å²) in [6.07, 6.45) is -0.181. The average Bonchev–Trinajstić information content (AvgIpc) is 2.38. The fourth-order valence-electron chi connectivity index (χ4n) is 2.68. The van der Waals surface area contributed by atoms with Crippen molar-refractivity contribution in [3.63, 3.8) is 0 Å². The van der Waals surface area contributed by atoms with E-state index in [1.54, 1.807) is 18.3 Å². The van der Waals surface area contributed by atoms with Gasteiger partial charge in [-0.25, -0.2) is 4.98 Å². The molecule has 104 valence electrons. The molecule has 0 aliphatic heterocycles. The van der Waals surface area contributed by atoms with Gasteiger partial charge in [0.2, 0.25) is 0 Å². The van der Waals surface area contributed by atoms with Gasteiger partial charge in [0, 0.05) is 6.20 Å². The molecule has 0 aromatic carbocycles. The quantitative estimate of drug-likeness (QED) is 0.830. The van der Waals surface area contributed by atoms with Crippen LogP contribution in [0.1, 0.15) is 36.3 Å². The lowest BCUT2D eigenvalue weighted by molar-refractivity contribution is -0.141. The minimum Gasteiger partial charge on any atom is -0.260 e. The van der Waals surface area contributed by atoms with Gasteiger partial charge in [-0.2, -0.15) is 13.2 Å². The number of hydrogen-bond acceptors (Lipinski definition) is 2. The van der Waals surface area contributed by atoms with Crippen LogP contribution in [0.4, 0.5) is 13.2 Å². The van der Waals surface area contributed by atoms with Crippen molar-refractivity contribution in [2.45, 2.75) is 30.9 Å². The number of hydrogen-bond donors (Lipinski definition) is 0. The van der Waals surface area contributed by atoms with Crippen molar-refractivity contribution < 1.29 is 13.2 Å². The molecule has 0 atom stereocenters. The van der Waals surface area contributed by atoms with E-state index in [4.69, 9.17) is 0 Å². The maximum atomic E-state index is 12.8. The first-order chi connectivity index (χ1) is 9.52. The highest BCUT2D eigenvalue weighted by atomic mass is 19.4. The summed E-state index contributed by atoms with van der Waals surface area (Å²) in [5, 5.41) is 0. The van der Waals surface area contributed by atoms with E-state index in [0.717, 1.165) is 31.0 Å². The van der Waals surface area contributed by atoms with Gasteiger partial charge in [0.05, 0.1) is 16.8 Å². The van der Waals surface area contributed by atoms with Gasteiger partial charge in [-0.05, 0) is 37.1 Å². The first kappa shape index (κ1) is 13.1. The molecular weight excluding hydrogens is 265 g/mol. The Hall–Kier alpha value is -1.91. The van der Waals surface area contributed by atoms with Crippen molar-refractivity contribution in [2.75, 3.05) is 0 Å². The summed E-state index contributed by atoms with van der Waals surface area (Å²) in [7, 11) is 0. The molecule has 1 saturated carbocycles. The third kappa shape index (κ3) is 2.07. The Labute approximate surface area is 114 Å². The fourth-order valence-corrected chi connectivity index (χ4v) is 2.68. The van der Waals surface area contributed by atoms with Crippen LogP contribution in [0.3, 0.4) is 0 Å². The van der Waals surface area contributed by atoms with Crippen molar-refractivity contribution in [1.29, 1.82) is 0 Å². The van der Waals surface area contributed by atoms with Crippen molar-refractivity contribution in [3.8, 4) is 0 Å². The van der Waals surface area contributed by atoms with Gasteiger partial charge in [0.1, 0.15) is 5.69 Å². The summed E-state index contributed by atoms with van der Waals surface area (Å²) in [5.74, 6) is 0. The fraction of sp³-hybridized carbons (Fsp3) is 0.333. The molecule has 3 rings (SSSR count). The summed E-state index contributed by atoms with van der Waals surface area (Å²) in [6, 6.07) is 9.62. The van der Waals surface area contributed by atoms with Crippen LogP contribution in [-0.2, 0) is 11.6 Å². The zero-order valence-electron chi connectivity index (χ0n) is 10.7. The summed E-state index contributed by atoms with van der Waals surface area (Å²) < 4.78 is 38.4. The van der Waals surface area contributed by atoms with Crippen LogP contribution in [-0.4, -0.2) is 9.97 Å². The van der Waals surface area contributed by atoms with Crippen LogP contribution >= 0.6 is 0 Å². The van der Waals surface area contributed by atoms with Crippen molar-refractivity contribution in [1.82, 2.24) is 9.97 Å². The lowest BCUT2D eigenvalue weighted by Crippen LogP contribution is -2.37. The molecule has 0 N–H and O–H groups in total. The molecule has 2 aromatic heterocycles. The van der Waals surface area contributed by atoms with Gasteiger partial charge in [-0.15, -0.1) is 0 Å². The van der Waals surface area contributed by atoms with Gasteiger partial charge in [0.15, 0.2) is 0 Å². The normalized spacial score (nSPS) is 17.6. The molecule has 0 bridgehead atoms. The van der Waals surface area contributed by atoms with Crippen LogP contribution in [0.5, 0.6) is 0 Å². The minimum atomic E-state index is -4.41. The Morgan fingerprint density at radius 1 is 0.950 bits per heavy atom. The van der Waals surface area contributed by atoms with Crippen LogP contribution in [0.15, 0.2) is 42.6 Å². The Morgan fingerprint density at radius 2 is 1.70 bits per heavy atom. The number of alkyl halides is 3. The molecule has 2 nitrogen and oxygen atoms in total. The minimum absolute atomic E-state index is 0.456. The number of nitrogens with zero attached hydrogens (tertiary/aromatic N) is 2. The SMILES string of the molecule is FC(F)(F)c1cccc(C2(c3ccccn3)CCC2)n1. The topological polar surface area (TPSA) is 25.8 Å². The third-order valence-corrected chi connectivity index (χ3v) is 3.89. The van der Waals surface area contributed by atoms with E-state index in [9.17, 15) is 13.2 Å². The van der Waals surface area contributed by atoms with Crippen molar-refractivity contribution in [3.05, 3.63) is 59.7 Å². The number of halogens is 3. The molecule has 0 radical (unpaired) electrons. The van der Waals surface area contributed by atoms with Gasteiger partial charge in [-0.1, -0.05) is 18.6 Å². The Bertz CT molecular complexity index is 604. The number of aromatic nitrogens is 2. The molecule has 0 amide bonds. The zero-order valence-corrected chi connectivity index (χ0v) is 10.7. The third-order valence-electron chi connectivity index (χ3n) is 3.89. The standard InChI is InChI=1S/C15H13F3N2/c16-15(17,18)13-7-3-6-12(20-13)14(8-4-9-14)11-5-1-2-10-19-11/h1-3,5-7,10H,4,8-9H2. The number of pyridine rings is 2. The summed E-state index contributed by atoms with van der Waals surface area (Å²) >= 11 is 0. The van der Waals surface area contributed by atoms with Crippen LogP contribution < -0.4 is 0 Å². The molecular formula is C15H13F3N2. The largest absolute Gasteiger partial charge is 0.433 e. The summed E-state index contributed by atoms with van der Waals surface area (Å²) in [6.45, 7) is 0. The smallest absolute Gasteiger partial charge is 0.260 e. The first-order valence-corrected chi connectivity index (χ1v) is 6.49. The second-order valence-electron chi connectivity index (χ2n) is 5.06. The van der Waals surface area contributed by atoms with E-state index < -0.39 is 17.3 Å². The van der Waals surface area contributed by atoms with Gasteiger partial charge < -0.3 is 0 Å². The second-order valence-corrected chi connectivity index (χ2v) is 5.06. The molecule has 2 heterocycles. The van der Waals surface area contributed by atoms with Gasteiger partial charge in [-0.3, -0.25) is 4.98 Å². The van der Waals surface area contributed by atoms with Gasteiger partial charge >= 0.3 is 6.18 Å². The predicted octanol–water partition coefficient (Wildman–Crippen LogP) is 3.97. The van der Waals surface area contributed by atoms with E-state index in [1.807, 2.05) is 12.1 Å². The molecule has 0 saturated heterocycles. The highest BCUT2D eigenvalue weighted by Gasteiger charge is 2.44. The Kier molecular flexibility index (Phi) is 3.00. The monoisotopic (exact) mass is 278 g/mol. The lowest BCUT2D eigenvalue weighted by atomic mass is 9.64. The van der Waals surface area contributed by atoms with E-state index in [2.05, 4.69) is 9.97 Å². The van der Waals surface area contributed by atoms with E-state index in [1.165, 1.54) is 6.07 Å². The summed E-state index contributed by atoms with van der Waals surface area (Å²) in [5.41, 5.74) is -0.0183. The maximum Gasteiger partial charge on any atom is 0.433 e. The molecule has 1 aliphatic rings. The van der Waals surface area contributed by atoms with Crippen LogP contribution in [0, 0.1) is 0 Å². The molecule has 0 spiro atoms. The number of rotatable bonds is 2. The van der Waals surface area contributed by atoms with Crippen molar-refractivity contribution in [2.24, 2.45) is 0 Å². The first-order valence-electron chi connectivity index (χ1n) is 6.49. The van der Waals surface area contributed by atoms with E-state index in [-0.39, 0.29) is 0 Å².